The van der Waals surface area contributed by atoms with Gasteiger partial charge in [-0.25, -0.2) is 4.79 Å². The lowest BCUT2D eigenvalue weighted by molar-refractivity contribution is -0.153. The van der Waals surface area contributed by atoms with Gasteiger partial charge in [0.15, 0.2) is 14.4 Å². The predicted octanol–water partition coefficient (Wildman–Crippen LogP) is 0.566. The van der Waals surface area contributed by atoms with Crippen LogP contribution in [0.3, 0.4) is 0 Å². The van der Waals surface area contributed by atoms with Gasteiger partial charge in [-0.2, -0.15) is 0 Å². The van der Waals surface area contributed by atoms with Crippen molar-refractivity contribution in [3.8, 4) is 0 Å². The quantitative estimate of drug-likeness (QED) is 0.511. The monoisotopic (exact) mass is 294 g/mol. The number of carbonyl (C=O) groups is 1. The Morgan fingerprint density at radius 3 is 2.05 bits per heavy atom. The first-order valence-electron chi connectivity index (χ1n) is 6.30. The lowest BCUT2D eigenvalue weighted by atomic mass is 10.1. The van der Waals surface area contributed by atoms with Crippen molar-refractivity contribution in [3.05, 3.63) is 0 Å². The third-order valence-corrected chi connectivity index (χ3v) is 8.13. The molecule has 0 heterocycles. The van der Waals surface area contributed by atoms with Gasteiger partial charge in [0.05, 0.1) is 18.8 Å². The van der Waals surface area contributed by atoms with E-state index in [0.29, 0.717) is 0 Å². The van der Waals surface area contributed by atoms with Crippen LogP contribution in [-0.4, -0.2) is 59.6 Å². The van der Waals surface area contributed by atoms with Crippen molar-refractivity contribution in [2.24, 2.45) is 0 Å². The van der Waals surface area contributed by atoms with Crippen LogP contribution in [0, 0.1) is 0 Å². The highest BCUT2D eigenvalue weighted by Crippen LogP contribution is 2.37. The zero-order valence-electron chi connectivity index (χ0n) is 12.3. The Kier molecular flexibility index (Phi) is 6.63. The van der Waals surface area contributed by atoms with Gasteiger partial charge >= 0.3 is 5.97 Å². The summed E-state index contributed by atoms with van der Waals surface area (Å²) in [5, 5.41) is 36.6. The highest BCUT2D eigenvalue weighted by atomic mass is 28.4. The average Bonchev–Trinajstić information content (AvgIpc) is 2.24. The van der Waals surface area contributed by atoms with E-state index in [1.165, 1.54) is 0 Å². The summed E-state index contributed by atoms with van der Waals surface area (Å²) in [5.74, 6) is -1.49. The summed E-state index contributed by atoms with van der Waals surface area (Å²) in [6, 6.07) is 0. The molecule has 0 saturated carbocycles. The molecule has 3 atom stereocenters. The van der Waals surface area contributed by atoms with Crippen molar-refractivity contribution in [2.75, 3.05) is 6.61 Å². The maximum absolute atomic E-state index is 10.6. The van der Waals surface area contributed by atoms with Gasteiger partial charge in [0.1, 0.15) is 0 Å². The molecule has 0 fully saturated rings. The van der Waals surface area contributed by atoms with Crippen molar-refractivity contribution in [2.45, 2.75) is 63.6 Å². The highest BCUT2D eigenvalue weighted by molar-refractivity contribution is 6.74. The Labute approximate surface area is 115 Å². The maximum Gasteiger partial charge on any atom is 0.335 e. The average molecular weight is 294 g/mol. The second kappa shape index (κ2) is 6.80. The predicted molar refractivity (Wildman–Crippen MR) is 73.4 cm³/mol. The SMILES string of the molecule is CC(C)(C)[Si](C)(C)O[C@H](CO)C[C@H](O)[C@@H](O)C(=O)O. The normalized spacial score (nSPS) is 17.9. The largest absolute Gasteiger partial charge is 0.479 e. The fraction of sp³-hybridized carbons (Fsp3) is 0.917. The van der Waals surface area contributed by atoms with Crippen LogP contribution in [-0.2, 0) is 9.22 Å². The Morgan fingerprint density at radius 2 is 1.74 bits per heavy atom. The summed E-state index contributed by atoms with van der Waals surface area (Å²) in [5.41, 5.74) is 0. The van der Waals surface area contributed by atoms with E-state index in [0.717, 1.165) is 0 Å². The number of carboxylic acid groups (broad SMARTS) is 1. The van der Waals surface area contributed by atoms with Gasteiger partial charge in [0, 0.05) is 6.42 Å². The summed E-state index contributed by atoms with van der Waals surface area (Å²) in [4.78, 5) is 10.6. The summed E-state index contributed by atoms with van der Waals surface area (Å²) < 4.78 is 5.88. The van der Waals surface area contributed by atoms with Crippen LogP contribution in [0.1, 0.15) is 27.2 Å². The van der Waals surface area contributed by atoms with Gasteiger partial charge in [0.2, 0.25) is 0 Å². The van der Waals surface area contributed by atoms with Crippen molar-refractivity contribution >= 4 is 14.3 Å². The Hall–Kier alpha value is -0.473. The molecule has 0 aromatic rings. The van der Waals surface area contributed by atoms with E-state index in [4.69, 9.17) is 9.53 Å². The molecule has 0 aliphatic rings. The molecule has 0 rings (SSSR count). The van der Waals surface area contributed by atoms with Crippen molar-refractivity contribution in [1.29, 1.82) is 0 Å². The molecule has 6 nitrogen and oxygen atoms in total. The molecule has 0 spiro atoms. The third kappa shape index (κ3) is 5.58. The van der Waals surface area contributed by atoms with E-state index >= 15 is 0 Å². The first-order valence-corrected chi connectivity index (χ1v) is 9.21. The molecular formula is C12H26O6Si. The summed E-state index contributed by atoms with van der Waals surface area (Å²) in [7, 11) is -2.12. The van der Waals surface area contributed by atoms with Gasteiger partial charge in [-0.05, 0) is 18.1 Å². The van der Waals surface area contributed by atoms with Gasteiger partial charge in [-0.15, -0.1) is 0 Å². The lowest BCUT2D eigenvalue weighted by Gasteiger charge is -2.39. The smallest absolute Gasteiger partial charge is 0.335 e. The summed E-state index contributed by atoms with van der Waals surface area (Å²) in [6.45, 7) is 9.78. The second-order valence-corrected chi connectivity index (χ2v) is 11.0. The van der Waals surface area contributed by atoms with Crippen LogP contribution in [0.2, 0.25) is 18.1 Å². The molecule has 0 aliphatic carbocycles. The Morgan fingerprint density at radius 1 is 1.26 bits per heavy atom. The molecule has 0 radical (unpaired) electrons. The van der Waals surface area contributed by atoms with Crippen LogP contribution in [0.4, 0.5) is 0 Å². The number of aliphatic carboxylic acids is 1. The minimum atomic E-state index is -2.12. The molecule has 0 unspecified atom stereocenters. The molecule has 0 amide bonds. The Balaban J connectivity index is 4.65. The molecule has 19 heavy (non-hydrogen) atoms. The molecular weight excluding hydrogens is 268 g/mol. The number of rotatable bonds is 7. The van der Waals surface area contributed by atoms with Crippen LogP contribution in [0.5, 0.6) is 0 Å². The van der Waals surface area contributed by atoms with E-state index < -0.39 is 32.6 Å². The molecule has 0 aliphatic heterocycles. The summed E-state index contributed by atoms with van der Waals surface area (Å²) in [6.07, 6.45) is -4.11. The first kappa shape index (κ1) is 18.5. The minimum Gasteiger partial charge on any atom is -0.479 e. The molecule has 0 saturated heterocycles. The van der Waals surface area contributed by atoms with E-state index in [9.17, 15) is 20.1 Å². The molecule has 7 heteroatoms. The van der Waals surface area contributed by atoms with Crippen LogP contribution < -0.4 is 0 Å². The van der Waals surface area contributed by atoms with Crippen LogP contribution >= 0.6 is 0 Å². The maximum atomic E-state index is 10.6. The fourth-order valence-corrected chi connectivity index (χ4v) is 2.67. The molecule has 4 N–H and O–H groups in total. The zero-order valence-corrected chi connectivity index (χ0v) is 13.3. The molecule has 114 valence electrons. The topological polar surface area (TPSA) is 107 Å². The first-order chi connectivity index (χ1) is 8.42. The van der Waals surface area contributed by atoms with E-state index in [2.05, 4.69) is 0 Å². The van der Waals surface area contributed by atoms with Gasteiger partial charge in [-0.3, -0.25) is 0 Å². The molecule has 0 bridgehead atoms. The van der Waals surface area contributed by atoms with Gasteiger partial charge < -0.3 is 24.9 Å². The van der Waals surface area contributed by atoms with E-state index in [-0.39, 0.29) is 18.1 Å². The fourth-order valence-electron chi connectivity index (χ4n) is 1.32. The number of hydrogen-bond donors (Lipinski definition) is 4. The van der Waals surface area contributed by atoms with Crippen LogP contribution in [0.25, 0.3) is 0 Å². The number of aliphatic hydroxyl groups is 3. The van der Waals surface area contributed by atoms with E-state index in [1.807, 2.05) is 33.9 Å². The van der Waals surface area contributed by atoms with Gasteiger partial charge in [0.25, 0.3) is 0 Å². The molecule has 0 aromatic heterocycles. The summed E-state index contributed by atoms with van der Waals surface area (Å²) >= 11 is 0. The van der Waals surface area contributed by atoms with Crippen LogP contribution in [0.15, 0.2) is 0 Å². The van der Waals surface area contributed by atoms with Crippen molar-refractivity contribution in [3.63, 3.8) is 0 Å². The standard InChI is InChI=1S/C12H26O6Si/c1-12(2,3)19(4,5)18-8(7-13)6-9(14)10(15)11(16)17/h8-10,13-15H,6-7H2,1-5H3,(H,16,17)/t8-,9-,10+/m0/s1. The zero-order chi connectivity index (χ0) is 15.4. The lowest BCUT2D eigenvalue weighted by Crippen LogP contribution is -2.47. The number of carboxylic acids is 1. The van der Waals surface area contributed by atoms with Crippen molar-refractivity contribution in [1.82, 2.24) is 0 Å². The third-order valence-electron chi connectivity index (χ3n) is 3.59. The number of hydrogen-bond acceptors (Lipinski definition) is 5. The van der Waals surface area contributed by atoms with Crippen molar-refractivity contribution < 1.29 is 29.6 Å². The van der Waals surface area contributed by atoms with Gasteiger partial charge in [-0.1, -0.05) is 20.8 Å². The number of aliphatic hydroxyl groups excluding tert-OH is 3. The molecule has 0 aromatic carbocycles. The second-order valence-electron chi connectivity index (χ2n) is 6.27. The van der Waals surface area contributed by atoms with E-state index in [1.54, 1.807) is 0 Å². The highest BCUT2D eigenvalue weighted by Gasteiger charge is 2.40. The Bertz CT molecular complexity index is 299. The minimum absolute atomic E-state index is 0.0587.